The number of amides is 2. The summed E-state index contributed by atoms with van der Waals surface area (Å²) in [7, 11) is 0. The van der Waals surface area contributed by atoms with Gasteiger partial charge in [0.2, 0.25) is 5.91 Å². The van der Waals surface area contributed by atoms with Crippen LogP contribution in [0.1, 0.15) is 12.8 Å². The zero-order valence-corrected chi connectivity index (χ0v) is 13.7. The second-order valence-corrected chi connectivity index (χ2v) is 6.10. The summed E-state index contributed by atoms with van der Waals surface area (Å²) in [6.07, 6.45) is -1.20. The second-order valence-electron chi connectivity index (χ2n) is 6.10. The number of halogens is 3. The molecule has 0 saturated carbocycles. The molecule has 26 heavy (non-hydrogen) atoms. The summed E-state index contributed by atoms with van der Waals surface area (Å²) in [6.45, 7) is -0.148. The van der Waals surface area contributed by atoms with Crippen LogP contribution in [-0.2, 0) is 9.59 Å². The van der Waals surface area contributed by atoms with Crippen molar-refractivity contribution in [1.29, 1.82) is 0 Å². The van der Waals surface area contributed by atoms with Crippen LogP contribution in [0.25, 0.3) is 11.3 Å². The number of nitrogens with one attached hydrogen (secondary N) is 2. The molecular formula is C17H17F3N4O2. The third-order valence-electron chi connectivity index (χ3n) is 4.36. The Labute approximate surface area is 147 Å². The fraction of sp³-hybridized carbons (Fsp3) is 0.353. The lowest BCUT2D eigenvalue weighted by molar-refractivity contribution is -0.186. The molecule has 1 fully saturated rings. The van der Waals surface area contributed by atoms with Crippen LogP contribution in [0.5, 0.6) is 0 Å². The number of hydrogen-bond acceptors (Lipinski definition) is 3. The predicted octanol–water partition coefficient (Wildman–Crippen LogP) is 2.82. The first-order valence-electron chi connectivity index (χ1n) is 8.10. The molecule has 0 radical (unpaired) electrons. The van der Waals surface area contributed by atoms with Crippen molar-refractivity contribution in [1.82, 2.24) is 14.9 Å². The fourth-order valence-electron chi connectivity index (χ4n) is 2.92. The van der Waals surface area contributed by atoms with Crippen LogP contribution < -0.4 is 5.32 Å². The van der Waals surface area contributed by atoms with Gasteiger partial charge in [-0.3, -0.25) is 9.59 Å². The van der Waals surface area contributed by atoms with Gasteiger partial charge in [0.25, 0.3) is 0 Å². The molecule has 2 aromatic rings. The third-order valence-corrected chi connectivity index (χ3v) is 4.36. The number of imidazole rings is 1. The molecule has 0 aliphatic carbocycles. The van der Waals surface area contributed by atoms with Crippen LogP contribution in [0.2, 0.25) is 0 Å². The zero-order chi connectivity index (χ0) is 18.7. The molecule has 0 unspecified atom stereocenters. The SMILES string of the molecule is O=C(Nc1ccc(-c2cnc[nH]2)cc1)C1CCN(C(=O)C(F)(F)F)CC1. The first-order valence-corrected chi connectivity index (χ1v) is 8.10. The Kier molecular flexibility index (Phi) is 4.97. The Hall–Kier alpha value is -2.84. The Morgan fingerprint density at radius 3 is 2.35 bits per heavy atom. The van der Waals surface area contributed by atoms with E-state index in [9.17, 15) is 22.8 Å². The maximum atomic E-state index is 12.4. The number of rotatable bonds is 3. The van der Waals surface area contributed by atoms with E-state index in [-0.39, 0.29) is 31.8 Å². The van der Waals surface area contributed by atoms with Gasteiger partial charge in [0, 0.05) is 24.7 Å². The molecule has 2 amide bonds. The topological polar surface area (TPSA) is 78.1 Å². The van der Waals surface area contributed by atoms with Gasteiger partial charge in [-0.05, 0) is 30.5 Å². The zero-order valence-electron chi connectivity index (χ0n) is 13.7. The standard InChI is InChI=1S/C17H17F3N4O2/c18-17(19,20)16(26)24-7-5-12(6-8-24)15(25)23-13-3-1-11(2-4-13)14-9-21-10-22-14/h1-4,9-10,12H,5-8H2,(H,21,22)(H,23,25). The summed E-state index contributed by atoms with van der Waals surface area (Å²) in [5, 5.41) is 2.77. The highest BCUT2D eigenvalue weighted by molar-refractivity contribution is 5.93. The molecule has 138 valence electrons. The minimum absolute atomic E-state index is 0.0742. The number of aromatic amines is 1. The van der Waals surface area contributed by atoms with Gasteiger partial charge in [-0.1, -0.05) is 12.1 Å². The molecular weight excluding hydrogens is 349 g/mol. The molecule has 9 heteroatoms. The molecule has 3 rings (SSSR count). The smallest absolute Gasteiger partial charge is 0.345 e. The first kappa shape index (κ1) is 18.0. The number of benzene rings is 1. The monoisotopic (exact) mass is 366 g/mol. The van der Waals surface area contributed by atoms with Crippen molar-refractivity contribution in [2.24, 2.45) is 5.92 Å². The van der Waals surface area contributed by atoms with E-state index < -0.39 is 18.0 Å². The van der Waals surface area contributed by atoms with Crippen molar-refractivity contribution in [2.75, 3.05) is 18.4 Å². The van der Waals surface area contributed by atoms with Crippen LogP contribution in [0.4, 0.5) is 18.9 Å². The van der Waals surface area contributed by atoms with Gasteiger partial charge in [-0.25, -0.2) is 4.98 Å². The summed E-state index contributed by atoms with van der Waals surface area (Å²) >= 11 is 0. The Bertz CT molecular complexity index is 764. The number of hydrogen-bond donors (Lipinski definition) is 2. The number of likely N-dealkylation sites (tertiary alicyclic amines) is 1. The number of anilines is 1. The molecule has 0 spiro atoms. The number of carbonyl (C=O) groups excluding carboxylic acids is 2. The Morgan fingerprint density at radius 1 is 1.15 bits per heavy atom. The van der Waals surface area contributed by atoms with Crippen LogP contribution in [0.15, 0.2) is 36.8 Å². The van der Waals surface area contributed by atoms with Crippen LogP contribution in [0, 0.1) is 5.92 Å². The van der Waals surface area contributed by atoms with Crippen LogP contribution >= 0.6 is 0 Å². The first-order chi connectivity index (χ1) is 12.3. The predicted molar refractivity (Wildman–Crippen MR) is 88.0 cm³/mol. The van der Waals surface area contributed by atoms with E-state index in [2.05, 4.69) is 15.3 Å². The average Bonchev–Trinajstić information content (AvgIpc) is 3.16. The van der Waals surface area contributed by atoms with E-state index in [1.165, 1.54) is 0 Å². The van der Waals surface area contributed by atoms with Gasteiger partial charge < -0.3 is 15.2 Å². The highest BCUT2D eigenvalue weighted by atomic mass is 19.4. The molecule has 1 saturated heterocycles. The van der Waals surface area contributed by atoms with Gasteiger partial charge in [-0.2, -0.15) is 13.2 Å². The van der Waals surface area contributed by atoms with Gasteiger partial charge in [0.1, 0.15) is 0 Å². The fourth-order valence-corrected chi connectivity index (χ4v) is 2.92. The number of piperidine rings is 1. The van der Waals surface area contributed by atoms with E-state index in [1.807, 2.05) is 12.1 Å². The molecule has 0 atom stereocenters. The van der Waals surface area contributed by atoms with Gasteiger partial charge in [0.15, 0.2) is 0 Å². The van der Waals surface area contributed by atoms with E-state index in [4.69, 9.17) is 0 Å². The van der Waals surface area contributed by atoms with Crippen molar-refractivity contribution in [3.8, 4) is 11.3 Å². The molecule has 0 bridgehead atoms. The summed E-state index contributed by atoms with van der Waals surface area (Å²) in [5.41, 5.74) is 2.37. The van der Waals surface area contributed by atoms with Crippen molar-refractivity contribution >= 4 is 17.5 Å². The molecule has 2 heterocycles. The maximum Gasteiger partial charge on any atom is 0.471 e. The minimum Gasteiger partial charge on any atom is -0.345 e. The largest absolute Gasteiger partial charge is 0.471 e. The summed E-state index contributed by atoms with van der Waals surface area (Å²) in [5.74, 6) is -2.51. The van der Waals surface area contributed by atoms with Crippen LogP contribution in [0.3, 0.4) is 0 Å². The van der Waals surface area contributed by atoms with Crippen LogP contribution in [-0.4, -0.2) is 45.9 Å². The maximum absolute atomic E-state index is 12.4. The lowest BCUT2D eigenvalue weighted by Crippen LogP contribution is -2.46. The minimum atomic E-state index is -4.87. The Balaban J connectivity index is 1.54. The number of carbonyl (C=O) groups is 2. The lowest BCUT2D eigenvalue weighted by Gasteiger charge is -2.31. The summed E-state index contributed by atoms with van der Waals surface area (Å²) in [4.78, 5) is 31.2. The van der Waals surface area contributed by atoms with E-state index >= 15 is 0 Å². The second kappa shape index (κ2) is 7.19. The quantitative estimate of drug-likeness (QED) is 0.877. The normalized spacial score (nSPS) is 15.7. The molecule has 1 aliphatic heterocycles. The average molecular weight is 366 g/mol. The highest BCUT2D eigenvalue weighted by Gasteiger charge is 2.43. The molecule has 1 aromatic carbocycles. The van der Waals surface area contributed by atoms with Gasteiger partial charge in [-0.15, -0.1) is 0 Å². The van der Waals surface area contributed by atoms with Crippen molar-refractivity contribution < 1.29 is 22.8 Å². The summed E-state index contributed by atoms with van der Waals surface area (Å²) < 4.78 is 37.3. The molecule has 1 aromatic heterocycles. The number of nitrogens with zero attached hydrogens (tertiary/aromatic N) is 2. The van der Waals surface area contributed by atoms with Crippen molar-refractivity contribution in [3.05, 3.63) is 36.8 Å². The van der Waals surface area contributed by atoms with E-state index in [0.717, 1.165) is 16.2 Å². The Morgan fingerprint density at radius 2 is 1.81 bits per heavy atom. The van der Waals surface area contributed by atoms with E-state index in [0.29, 0.717) is 5.69 Å². The number of H-pyrrole nitrogens is 1. The third kappa shape index (κ3) is 4.04. The molecule has 6 nitrogen and oxygen atoms in total. The van der Waals surface area contributed by atoms with Gasteiger partial charge in [0.05, 0.1) is 18.2 Å². The van der Waals surface area contributed by atoms with Crippen molar-refractivity contribution in [3.63, 3.8) is 0 Å². The van der Waals surface area contributed by atoms with Crippen molar-refractivity contribution in [2.45, 2.75) is 19.0 Å². The summed E-state index contributed by atoms with van der Waals surface area (Å²) in [6, 6.07) is 7.15. The lowest BCUT2D eigenvalue weighted by atomic mass is 9.95. The molecule has 2 N–H and O–H groups in total. The molecule has 1 aliphatic rings. The number of alkyl halides is 3. The van der Waals surface area contributed by atoms with Gasteiger partial charge >= 0.3 is 12.1 Å². The highest BCUT2D eigenvalue weighted by Crippen LogP contribution is 2.25. The number of aromatic nitrogens is 2. The van der Waals surface area contributed by atoms with E-state index in [1.54, 1.807) is 24.7 Å².